The number of carbonyl (C=O) groups excluding carboxylic acids is 1. The summed E-state index contributed by atoms with van der Waals surface area (Å²) in [5, 5.41) is 16.6. The van der Waals surface area contributed by atoms with Crippen molar-refractivity contribution in [1.29, 1.82) is 0 Å². The number of carbonyl (C=O) groups is 2. The first-order valence-electron chi connectivity index (χ1n) is 13.5. The predicted octanol–water partition coefficient (Wildman–Crippen LogP) is 7.49. The number of alkyl halides is 3. The number of carboxylic acids is 1. The minimum absolute atomic E-state index is 0.00886. The largest absolute Gasteiger partial charge is 0.573 e. The number of rotatable bonds is 8. The third-order valence-corrected chi connectivity index (χ3v) is 8.01. The van der Waals surface area contributed by atoms with Gasteiger partial charge in [-0.3, -0.25) is 9.48 Å². The average molecular weight is 598 g/mol. The van der Waals surface area contributed by atoms with Crippen LogP contribution < -0.4 is 10.1 Å². The van der Waals surface area contributed by atoms with Crippen LogP contribution in [0.1, 0.15) is 54.1 Å². The zero-order valence-corrected chi connectivity index (χ0v) is 22.4. The number of aromatic nitrogens is 2. The van der Waals surface area contributed by atoms with Crippen LogP contribution in [0.2, 0.25) is 0 Å². The molecule has 3 aromatic carbocycles. The van der Waals surface area contributed by atoms with Crippen molar-refractivity contribution >= 4 is 17.6 Å². The van der Waals surface area contributed by atoms with Crippen molar-refractivity contribution in [3.63, 3.8) is 0 Å². The van der Waals surface area contributed by atoms with E-state index in [1.807, 2.05) is 0 Å². The lowest BCUT2D eigenvalue weighted by Crippen LogP contribution is -2.29. The third-order valence-electron chi connectivity index (χ3n) is 8.01. The van der Waals surface area contributed by atoms with E-state index in [1.54, 1.807) is 10.9 Å². The molecular formula is C31H24F5N3O4. The minimum atomic E-state index is -4.94. The van der Waals surface area contributed by atoms with Crippen molar-refractivity contribution < 1.29 is 41.4 Å². The van der Waals surface area contributed by atoms with Gasteiger partial charge in [-0.1, -0.05) is 30.3 Å². The van der Waals surface area contributed by atoms with Gasteiger partial charge in [-0.2, -0.15) is 5.10 Å². The molecule has 1 aromatic heterocycles. The van der Waals surface area contributed by atoms with Gasteiger partial charge in [0.05, 0.1) is 23.2 Å². The van der Waals surface area contributed by atoms with Gasteiger partial charge in [-0.25, -0.2) is 13.6 Å². The van der Waals surface area contributed by atoms with Crippen LogP contribution in [0.4, 0.5) is 27.6 Å². The second-order valence-electron chi connectivity index (χ2n) is 10.8. The zero-order valence-electron chi connectivity index (χ0n) is 22.4. The van der Waals surface area contributed by atoms with Crippen molar-refractivity contribution in [2.45, 2.75) is 49.9 Å². The Morgan fingerprint density at radius 3 is 2.37 bits per heavy atom. The van der Waals surface area contributed by atoms with E-state index in [4.69, 9.17) is 0 Å². The van der Waals surface area contributed by atoms with Gasteiger partial charge in [-0.15, -0.1) is 13.2 Å². The standard InChI is InChI=1S/C31H24F5N3O4/c32-24-12-17(21-6-1-2-7-26(21)43-31(34,35)36)8-9-23(24)30(10-11-30)29(42)38-19-13-22(28(40)41)27(25(33)14-19)18-15-37-39(16-18)20-4-3-5-20/h1-2,6-9,12-16,20H,3-5,10-11H2,(H,38,42)(H,40,41). The Morgan fingerprint density at radius 1 is 1.00 bits per heavy atom. The molecule has 6 rings (SSSR count). The summed E-state index contributed by atoms with van der Waals surface area (Å²) >= 11 is 0. The van der Waals surface area contributed by atoms with Crippen LogP contribution in [0.3, 0.4) is 0 Å². The fraction of sp³-hybridized carbons (Fsp3) is 0.258. The first-order valence-corrected chi connectivity index (χ1v) is 13.5. The van der Waals surface area contributed by atoms with E-state index in [1.165, 1.54) is 36.5 Å². The molecule has 0 unspecified atom stereocenters. The Bertz CT molecular complexity index is 1740. The molecule has 43 heavy (non-hydrogen) atoms. The summed E-state index contributed by atoms with van der Waals surface area (Å²) < 4.78 is 75.1. The maximum atomic E-state index is 15.4. The lowest BCUT2D eigenvalue weighted by Gasteiger charge is -2.25. The number of nitrogens with zero attached hydrogens (tertiary/aromatic N) is 2. The number of hydrogen-bond acceptors (Lipinski definition) is 4. The quantitative estimate of drug-likeness (QED) is 0.205. The van der Waals surface area contributed by atoms with Crippen LogP contribution in [0.5, 0.6) is 5.75 Å². The molecule has 0 saturated heterocycles. The van der Waals surface area contributed by atoms with E-state index in [0.717, 1.165) is 43.5 Å². The fourth-order valence-electron chi connectivity index (χ4n) is 5.44. The molecule has 2 aliphatic carbocycles. The number of halogens is 5. The molecule has 0 spiro atoms. The number of hydrogen-bond donors (Lipinski definition) is 2. The minimum Gasteiger partial charge on any atom is -0.478 e. The van der Waals surface area contributed by atoms with Crippen LogP contribution in [0.15, 0.2) is 67.0 Å². The SMILES string of the molecule is O=C(O)c1cc(NC(=O)C2(c3ccc(-c4ccccc4OC(F)(F)F)cc3F)CC2)cc(F)c1-c1cnn(C2CCC2)c1. The first kappa shape index (κ1) is 28.4. The predicted molar refractivity (Wildman–Crippen MR) is 146 cm³/mol. The molecule has 0 radical (unpaired) electrons. The molecule has 2 saturated carbocycles. The van der Waals surface area contributed by atoms with E-state index < -0.39 is 41.0 Å². The Labute approximate surface area is 241 Å². The van der Waals surface area contributed by atoms with Gasteiger partial charge in [0, 0.05) is 34.1 Å². The number of carboxylic acid groups (broad SMARTS) is 1. The van der Waals surface area contributed by atoms with E-state index in [-0.39, 0.29) is 52.4 Å². The molecule has 0 aliphatic heterocycles. The van der Waals surface area contributed by atoms with Gasteiger partial charge in [0.25, 0.3) is 0 Å². The number of nitrogens with one attached hydrogen (secondary N) is 1. The van der Waals surface area contributed by atoms with Crippen molar-refractivity contribution in [2.75, 3.05) is 5.32 Å². The van der Waals surface area contributed by atoms with Crippen LogP contribution in [-0.2, 0) is 10.2 Å². The summed E-state index contributed by atoms with van der Waals surface area (Å²) in [6.45, 7) is 0. The molecule has 1 amide bonds. The van der Waals surface area contributed by atoms with E-state index in [0.29, 0.717) is 5.56 Å². The molecule has 0 atom stereocenters. The second kappa shape index (κ2) is 10.5. The lowest BCUT2D eigenvalue weighted by atomic mass is 9.91. The second-order valence-corrected chi connectivity index (χ2v) is 10.8. The average Bonchev–Trinajstić information content (AvgIpc) is 3.58. The van der Waals surface area contributed by atoms with Crippen LogP contribution in [-0.4, -0.2) is 33.1 Å². The number of benzene rings is 3. The summed E-state index contributed by atoms with van der Waals surface area (Å²) in [5.41, 5.74) is -1.53. The molecule has 1 heterocycles. The number of ether oxygens (including phenoxy) is 1. The van der Waals surface area contributed by atoms with Gasteiger partial charge < -0.3 is 15.2 Å². The van der Waals surface area contributed by atoms with Gasteiger partial charge in [0.15, 0.2) is 0 Å². The van der Waals surface area contributed by atoms with E-state index >= 15 is 8.78 Å². The smallest absolute Gasteiger partial charge is 0.478 e. The number of aromatic carboxylic acids is 1. The normalized spacial score (nSPS) is 15.9. The highest BCUT2D eigenvalue weighted by Crippen LogP contribution is 2.51. The van der Waals surface area contributed by atoms with E-state index in [9.17, 15) is 27.9 Å². The molecule has 222 valence electrons. The highest BCUT2D eigenvalue weighted by Gasteiger charge is 2.53. The number of para-hydroxylation sites is 1. The van der Waals surface area contributed by atoms with Crippen molar-refractivity contribution in [3.8, 4) is 28.0 Å². The Kier molecular flexibility index (Phi) is 6.94. The highest BCUT2D eigenvalue weighted by molar-refractivity contribution is 6.03. The summed E-state index contributed by atoms with van der Waals surface area (Å²) in [7, 11) is 0. The molecule has 2 aliphatic rings. The van der Waals surface area contributed by atoms with Crippen molar-refractivity contribution in [3.05, 3.63) is 89.8 Å². The summed E-state index contributed by atoms with van der Waals surface area (Å²) in [5.74, 6) is -4.26. The summed E-state index contributed by atoms with van der Waals surface area (Å²) in [4.78, 5) is 25.5. The van der Waals surface area contributed by atoms with Crippen molar-refractivity contribution in [1.82, 2.24) is 9.78 Å². The Balaban J connectivity index is 1.26. The van der Waals surface area contributed by atoms with Gasteiger partial charge in [-0.05, 0) is 61.9 Å². The van der Waals surface area contributed by atoms with Crippen LogP contribution in [0, 0.1) is 11.6 Å². The Morgan fingerprint density at radius 2 is 1.74 bits per heavy atom. The zero-order chi connectivity index (χ0) is 30.5. The molecular weight excluding hydrogens is 573 g/mol. The fourth-order valence-corrected chi connectivity index (χ4v) is 5.44. The van der Waals surface area contributed by atoms with E-state index in [2.05, 4.69) is 15.2 Å². The lowest BCUT2D eigenvalue weighted by molar-refractivity contribution is -0.274. The maximum Gasteiger partial charge on any atom is 0.573 e. The Hall–Kier alpha value is -4.74. The van der Waals surface area contributed by atoms with Gasteiger partial charge in [0.1, 0.15) is 17.4 Å². The van der Waals surface area contributed by atoms with Gasteiger partial charge >= 0.3 is 12.3 Å². The summed E-state index contributed by atoms with van der Waals surface area (Å²) in [6, 6.07) is 11.4. The van der Waals surface area contributed by atoms with Gasteiger partial charge in [0.2, 0.25) is 5.91 Å². The number of anilines is 1. The van der Waals surface area contributed by atoms with Crippen molar-refractivity contribution in [2.24, 2.45) is 0 Å². The topological polar surface area (TPSA) is 93.5 Å². The highest BCUT2D eigenvalue weighted by atomic mass is 19.4. The first-order chi connectivity index (χ1) is 20.4. The molecule has 0 bridgehead atoms. The molecule has 2 N–H and O–H groups in total. The van der Waals surface area contributed by atoms with Crippen LogP contribution in [0.25, 0.3) is 22.3 Å². The number of amides is 1. The molecule has 4 aromatic rings. The molecule has 7 nitrogen and oxygen atoms in total. The molecule has 2 fully saturated rings. The molecule has 12 heteroatoms. The monoisotopic (exact) mass is 597 g/mol. The third kappa shape index (κ3) is 5.44. The maximum absolute atomic E-state index is 15.4. The summed E-state index contributed by atoms with van der Waals surface area (Å²) in [6.07, 6.45) is 1.51. The van der Waals surface area contributed by atoms with Crippen LogP contribution >= 0.6 is 0 Å².